The topological polar surface area (TPSA) is 90.1 Å². The number of aliphatic hydroxyl groups is 2. The molecule has 0 unspecified atom stereocenters. The van der Waals surface area contributed by atoms with Crippen LogP contribution in [0.4, 0.5) is 18.9 Å². The van der Waals surface area contributed by atoms with Gasteiger partial charge in [0.15, 0.2) is 5.82 Å². The molecule has 1 aliphatic heterocycles. The van der Waals surface area contributed by atoms with Crippen LogP contribution in [-0.2, 0) is 0 Å². The lowest BCUT2D eigenvalue weighted by Crippen LogP contribution is -2.45. The molecule has 5 rings (SSSR count). The molecule has 3 N–H and O–H groups in total. The van der Waals surface area contributed by atoms with E-state index < -0.39 is 23.1 Å². The van der Waals surface area contributed by atoms with Crippen molar-refractivity contribution in [1.82, 2.24) is 14.9 Å². The van der Waals surface area contributed by atoms with Crippen molar-refractivity contribution < 1.29 is 28.2 Å². The van der Waals surface area contributed by atoms with Gasteiger partial charge in [0.1, 0.15) is 17.2 Å². The zero-order chi connectivity index (χ0) is 25.0. The van der Waals surface area contributed by atoms with E-state index in [0.717, 1.165) is 50.2 Å². The van der Waals surface area contributed by atoms with Gasteiger partial charge in [-0.15, -0.1) is 0 Å². The summed E-state index contributed by atoms with van der Waals surface area (Å²) in [4.78, 5) is 14.7. The molecule has 7 nitrogen and oxygen atoms in total. The molecule has 10 heteroatoms. The van der Waals surface area contributed by atoms with Gasteiger partial charge in [0.05, 0.1) is 29.7 Å². The fraction of sp³-hybridized carbons (Fsp3) is 0.440. The lowest BCUT2D eigenvalue weighted by Gasteiger charge is -2.34. The number of aromatic nitrogens is 2. The molecule has 3 aromatic rings. The van der Waals surface area contributed by atoms with Gasteiger partial charge < -0.3 is 20.4 Å². The molecule has 1 saturated heterocycles. The molecular formula is C25H29F3N4O3. The number of rotatable bonds is 4. The first-order valence-corrected chi connectivity index (χ1v) is 11.8. The van der Waals surface area contributed by atoms with Crippen LogP contribution in [0.2, 0.25) is 0 Å². The summed E-state index contributed by atoms with van der Waals surface area (Å²) in [7, 11) is 0. The highest BCUT2D eigenvalue weighted by Crippen LogP contribution is 2.30. The largest absolute Gasteiger partial charge is 0.393 e. The fourth-order valence-corrected chi connectivity index (χ4v) is 4.55. The summed E-state index contributed by atoms with van der Waals surface area (Å²) in [5.41, 5.74) is -0.126. The average Bonchev–Trinajstić information content (AvgIpc) is 3.54. The highest BCUT2D eigenvalue weighted by Gasteiger charge is 2.33. The molecule has 1 aliphatic carbocycles. The number of hydrogen-bond donors (Lipinski definition) is 3. The number of amides is 1. The third-order valence-electron chi connectivity index (χ3n) is 6.64. The summed E-state index contributed by atoms with van der Waals surface area (Å²) in [6, 6.07) is 5.92. The van der Waals surface area contributed by atoms with E-state index in [-0.39, 0.29) is 29.6 Å². The van der Waals surface area contributed by atoms with Crippen molar-refractivity contribution in [2.45, 2.75) is 50.2 Å². The summed E-state index contributed by atoms with van der Waals surface area (Å²) in [6.07, 6.45) is 7.16. The van der Waals surface area contributed by atoms with E-state index in [9.17, 15) is 23.8 Å². The van der Waals surface area contributed by atoms with Crippen LogP contribution in [0, 0.1) is 17.5 Å². The molecule has 0 radical (unpaired) electrons. The Morgan fingerprint density at radius 1 is 1.06 bits per heavy atom. The van der Waals surface area contributed by atoms with Crippen molar-refractivity contribution in [2.24, 2.45) is 0 Å². The maximum atomic E-state index is 15.2. The fourth-order valence-electron chi connectivity index (χ4n) is 4.55. The summed E-state index contributed by atoms with van der Waals surface area (Å²) in [5, 5.41) is 26.4. The second-order valence-corrected chi connectivity index (χ2v) is 9.13. The second-order valence-electron chi connectivity index (χ2n) is 9.13. The number of anilines is 1. The van der Waals surface area contributed by atoms with Crippen LogP contribution in [0.25, 0.3) is 5.52 Å². The van der Waals surface area contributed by atoms with Crippen LogP contribution in [0.5, 0.6) is 0 Å². The number of benzene rings is 1. The van der Waals surface area contributed by atoms with E-state index in [1.165, 1.54) is 10.7 Å². The second kappa shape index (κ2) is 10.7. The zero-order valence-electron chi connectivity index (χ0n) is 19.3. The van der Waals surface area contributed by atoms with Crippen molar-refractivity contribution >= 4 is 17.1 Å². The predicted molar refractivity (Wildman–Crippen MR) is 125 cm³/mol. The quantitative estimate of drug-likeness (QED) is 0.522. The number of hydrogen-bond acceptors (Lipinski definition) is 5. The smallest absolute Gasteiger partial charge is 0.255 e. The van der Waals surface area contributed by atoms with Gasteiger partial charge >= 0.3 is 0 Å². The Labute approximate surface area is 201 Å². The lowest BCUT2D eigenvalue weighted by molar-refractivity contribution is -0.0468. The van der Waals surface area contributed by atoms with Gasteiger partial charge in [0, 0.05) is 25.3 Å². The van der Waals surface area contributed by atoms with Crippen molar-refractivity contribution in [3.05, 3.63) is 65.7 Å². The number of aliphatic hydroxyl groups excluding tert-OH is 1. The minimum absolute atomic E-state index is 0.107. The van der Waals surface area contributed by atoms with E-state index in [0.29, 0.717) is 31.4 Å². The Balaban J connectivity index is 0.000000308. The Morgan fingerprint density at radius 3 is 2.23 bits per heavy atom. The minimum atomic E-state index is -1.05. The molecule has 2 aromatic heterocycles. The van der Waals surface area contributed by atoms with E-state index in [2.05, 4.69) is 10.4 Å². The van der Waals surface area contributed by atoms with Gasteiger partial charge in [-0.25, -0.2) is 17.7 Å². The summed E-state index contributed by atoms with van der Waals surface area (Å²) < 4.78 is 40.4. The Kier molecular flexibility index (Phi) is 7.61. The third-order valence-corrected chi connectivity index (χ3v) is 6.64. The number of nitrogens with one attached hydrogen (secondary N) is 1. The first-order chi connectivity index (χ1) is 16.8. The van der Waals surface area contributed by atoms with Gasteiger partial charge in [0.2, 0.25) is 0 Å². The Morgan fingerprint density at radius 2 is 1.66 bits per heavy atom. The van der Waals surface area contributed by atoms with E-state index >= 15 is 4.39 Å². The molecule has 3 heterocycles. The Hall–Kier alpha value is -3.11. The van der Waals surface area contributed by atoms with E-state index in [4.69, 9.17) is 0 Å². The number of pyridine rings is 1. The van der Waals surface area contributed by atoms with Crippen LogP contribution in [0.15, 0.2) is 42.7 Å². The van der Waals surface area contributed by atoms with E-state index in [1.807, 2.05) is 4.90 Å². The van der Waals surface area contributed by atoms with E-state index in [1.54, 1.807) is 12.3 Å². The van der Waals surface area contributed by atoms with Crippen LogP contribution in [0.3, 0.4) is 0 Å². The molecule has 2 fully saturated rings. The number of carbonyl (C=O) groups excluding carboxylic acids is 1. The molecule has 0 spiro atoms. The summed E-state index contributed by atoms with van der Waals surface area (Å²) in [5.74, 6) is -1.60. The van der Waals surface area contributed by atoms with Crippen LogP contribution >= 0.6 is 0 Å². The maximum Gasteiger partial charge on any atom is 0.255 e. The van der Waals surface area contributed by atoms with Crippen LogP contribution in [0.1, 0.15) is 48.9 Å². The third kappa shape index (κ3) is 5.76. The van der Waals surface area contributed by atoms with Crippen LogP contribution in [-0.4, -0.2) is 57.1 Å². The zero-order valence-corrected chi connectivity index (χ0v) is 19.3. The van der Waals surface area contributed by atoms with Gasteiger partial charge in [-0.2, -0.15) is 5.10 Å². The first-order valence-electron chi connectivity index (χ1n) is 11.8. The Bertz CT molecular complexity index is 1130. The van der Waals surface area contributed by atoms with Gasteiger partial charge in [0.25, 0.3) is 5.91 Å². The van der Waals surface area contributed by atoms with Gasteiger partial charge in [-0.1, -0.05) is 0 Å². The monoisotopic (exact) mass is 490 g/mol. The molecule has 2 aliphatic rings. The SMILES string of the molecule is Fc1ccc(F)cc1.O=C(NC1CCC(O)(CO)CC1)c1cnn2ccc(N3CCCC3)c(F)c12. The summed E-state index contributed by atoms with van der Waals surface area (Å²) >= 11 is 0. The molecule has 0 bridgehead atoms. The normalized spacial score (nSPS) is 22.1. The highest BCUT2D eigenvalue weighted by atomic mass is 19.1. The first kappa shape index (κ1) is 25.0. The average molecular weight is 491 g/mol. The molecule has 1 aromatic carbocycles. The molecule has 1 saturated carbocycles. The number of nitrogens with zero attached hydrogens (tertiary/aromatic N) is 3. The number of halogens is 3. The number of fused-ring (bicyclic) bond motifs is 1. The van der Waals surface area contributed by atoms with Gasteiger partial charge in [-0.3, -0.25) is 4.79 Å². The van der Waals surface area contributed by atoms with Crippen molar-refractivity contribution in [3.8, 4) is 0 Å². The molecule has 1 amide bonds. The molecule has 188 valence electrons. The van der Waals surface area contributed by atoms with Gasteiger partial charge in [-0.05, 0) is 68.9 Å². The predicted octanol–water partition coefficient (Wildman–Crippen LogP) is 3.43. The lowest BCUT2D eigenvalue weighted by atomic mass is 9.82. The number of carbonyl (C=O) groups is 1. The molecule has 35 heavy (non-hydrogen) atoms. The minimum Gasteiger partial charge on any atom is -0.393 e. The summed E-state index contributed by atoms with van der Waals surface area (Å²) in [6.45, 7) is 1.36. The van der Waals surface area contributed by atoms with Crippen molar-refractivity contribution in [1.29, 1.82) is 0 Å². The molecular weight excluding hydrogens is 461 g/mol. The molecule has 0 atom stereocenters. The maximum absolute atomic E-state index is 15.2. The van der Waals surface area contributed by atoms with Crippen molar-refractivity contribution in [2.75, 3.05) is 24.6 Å². The standard InChI is InChI=1S/C19H25FN4O3.C6H4F2/c20-16-15(23-8-1-2-9-23)5-10-24-17(16)14(11-21-24)18(26)22-13-3-6-19(27,12-25)7-4-13;7-5-1-2-6(8)4-3-5/h5,10-11,13,25,27H,1-4,6-9,12H2,(H,22,26);1-4H. The van der Waals surface area contributed by atoms with Crippen LogP contribution < -0.4 is 10.2 Å². The van der Waals surface area contributed by atoms with Crippen molar-refractivity contribution in [3.63, 3.8) is 0 Å². The highest BCUT2D eigenvalue weighted by molar-refractivity contribution is 6.01.